The van der Waals surface area contributed by atoms with Crippen molar-refractivity contribution in [3.8, 4) is 0 Å². The predicted octanol–water partition coefficient (Wildman–Crippen LogP) is 6.42. The van der Waals surface area contributed by atoms with Crippen LogP contribution in [0.2, 0.25) is 0 Å². The average molecular weight is 594 g/mol. The molecule has 0 radical (unpaired) electrons. The second kappa shape index (κ2) is 28.1. The number of esters is 2. The van der Waals surface area contributed by atoms with Gasteiger partial charge in [0.25, 0.3) is 7.82 Å². The molecule has 0 fully saturated rings. The maximum atomic E-state index is 12.4. The van der Waals surface area contributed by atoms with Crippen LogP contribution in [0.1, 0.15) is 149 Å². The molecule has 0 amide bonds. The Labute approximate surface area is 244 Å². The summed E-state index contributed by atoms with van der Waals surface area (Å²) >= 11 is 0. The highest BCUT2D eigenvalue weighted by Crippen LogP contribution is 2.38. The number of phosphoric ester groups is 1. The lowest BCUT2D eigenvalue weighted by Gasteiger charge is -2.25. The quantitative estimate of drug-likeness (QED) is 0.0572. The Morgan fingerprint density at radius 2 is 1.07 bits per heavy atom. The van der Waals surface area contributed by atoms with Crippen molar-refractivity contribution in [2.75, 3.05) is 26.4 Å². The summed E-state index contributed by atoms with van der Waals surface area (Å²) in [6.45, 7) is 3.87. The van der Waals surface area contributed by atoms with Gasteiger partial charge in [0, 0.05) is 12.8 Å². The van der Waals surface area contributed by atoms with E-state index in [0.29, 0.717) is 6.42 Å². The lowest BCUT2D eigenvalue weighted by molar-refractivity contribution is -0.373. The summed E-state index contributed by atoms with van der Waals surface area (Å²) in [5.41, 5.74) is 3.53. The highest BCUT2D eigenvalue weighted by Gasteiger charge is 2.21. The topological polar surface area (TPSA) is 139 Å². The van der Waals surface area contributed by atoms with Crippen molar-refractivity contribution in [3.05, 3.63) is 0 Å². The van der Waals surface area contributed by atoms with Gasteiger partial charge in [0.15, 0.2) is 6.10 Å². The number of ether oxygens (including phenoxy) is 2. The molecule has 1 unspecified atom stereocenters. The van der Waals surface area contributed by atoms with Crippen LogP contribution in [0, 0.1) is 0 Å². The fraction of sp³-hybridized carbons (Fsp3) is 0.933. The second-order valence-electron chi connectivity index (χ2n) is 10.7. The van der Waals surface area contributed by atoms with E-state index in [-0.39, 0.29) is 32.6 Å². The van der Waals surface area contributed by atoms with E-state index < -0.39 is 32.5 Å². The van der Waals surface area contributed by atoms with Gasteiger partial charge in [0.1, 0.15) is 13.2 Å². The third-order valence-corrected chi connectivity index (χ3v) is 7.72. The van der Waals surface area contributed by atoms with Gasteiger partial charge in [-0.1, -0.05) is 123 Å². The maximum absolute atomic E-state index is 12.4. The molecule has 3 N–H and O–H groups in total. The van der Waals surface area contributed by atoms with Crippen molar-refractivity contribution in [2.45, 2.75) is 155 Å². The Kier molecular flexibility index (Phi) is 27.4. The molecular formula is C30H60NO8P. The molecular weight excluding hydrogens is 533 g/mol. The molecule has 0 aromatic carbocycles. The van der Waals surface area contributed by atoms with Crippen LogP contribution < -0.4 is 10.6 Å². The summed E-state index contributed by atoms with van der Waals surface area (Å²) in [6.07, 6.45) is 21.3. The second-order valence-corrected chi connectivity index (χ2v) is 12.1. The molecule has 10 heteroatoms. The first-order chi connectivity index (χ1) is 19.3. The van der Waals surface area contributed by atoms with E-state index in [2.05, 4.69) is 24.1 Å². The molecule has 0 aromatic heterocycles. The van der Waals surface area contributed by atoms with Crippen LogP contribution in [0.25, 0.3) is 0 Å². The zero-order chi connectivity index (χ0) is 29.7. The number of carbonyl (C=O) groups is 2. The number of phosphoric acid groups is 1. The summed E-state index contributed by atoms with van der Waals surface area (Å²) in [5, 5.41) is 0. The molecule has 2 atom stereocenters. The Morgan fingerprint density at radius 1 is 0.650 bits per heavy atom. The molecule has 0 aliphatic heterocycles. The van der Waals surface area contributed by atoms with Crippen molar-refractivity contribution in [1.82, 2.24) is 0 Å². The van der Waals surface area contributed by atoms with Gasteiger partial charge in [-0.15, -0.1) is 0 Å². The van der Waals surface area contributed by atoms with Gasteiger partial charge in [0.2, 0.25) is 0 Å². The Morgan fingerprint density at radius 3 is 1.52 bits per heavy atom. The highest BCUT2D eigenvalue weighted by molar-refractivity contribution is 7.45. The van der Waals surface area contributed by atoms with Gasteiger partial charge in [-0.05, 0) is 12.8 Å². The van der Waals surface area contributed by atoms with Gasteiger partial charge < -0.3 is 29.1 Å². The van der Waals surface area contributed by atoms with Gasteiger partial charge in [-0.2, -0.15) is 0 Å². The summed E-state index contributed by atoms with van der Waals surface area (Å²) in [5.74, 6) is -0.847. The zero-order valence-corrected chi connectivity index (χ0v) is 26.6. The fourth-order valence-electron chi connectivity index (χ4n) is 4.34. The molecule has 40 heavy (non-hydrogen) atoms. The van der Waals surface area contributed by atoms with E-state index in [0.717, 1.165) is 32.1 Å². The van der Waals surface area contributed by atoms with Crippen molar-refractivity contribution < 1.29 is 43.3 Å². The van der Waals surface area contributed by atoms with Crippen LogP contribution in [0.3, 0.4) is 0 Å². The summed E-state index contributed by atoms with van der Waals surface area (Å²) < 4.78 is 32.2. The first-order valence-electron chi connectivity index (χ1n) is 16.1. The highest BCUT2D eigenvalue weighted by atomic mass is 31.2. The number of hydrogen-bond donors (Lipinski definition) is 1. The SMILES string of the molecule is CCCCCCCCCCCCC(=O)O[C@H](COC(=O)CCCCCCCCCCC)COP(=O)([O-])OCC[NH3+]. The van der Waals surface area contributed by atoms with Crippen molar-refractivity contribution in [1.29, 1.82) is 0 Å². The van der Waals surface area contributed by atoms with Crippen LogP contribution >= 0.6 is 7.82 Å². The number of carbonyl (C=O) groups excluding carboxylic acids is 2. The first-order valence-corrected chi connectivity index (χ1v) is 17.5. The standard InChI is InChI=1S/C30H60NO8P/c1-3-5-7-9-11-13-15-17-19-21-23-30(33)39-28(27-38-40(34,35)37-25-24-31)26-36-29(32)22-20-18-16-14-12-10-8-6-4-2/h28H,3-27,31H2,1-2H3,(H,34,35)/t28-/m1/s1. The van der Waals surface area contributed by atoms with Crippen molar-refractivity contribution >= 4 is 19.8 Å². The van der Waals surface area contributed by atoms with Crippen LogP contribution in [0.5, 0.6) is 0 Å². The molecule has 238 valence electrons. The molecule has 0 aliphatic rings. The van der Waals surface area contributed by atoms with Gasteiger partial charge >= 0.3 is 11.9 Å². The Bertz CT molecular complexity index is 649. The lowest BCUT2D eigenvalue weighted by Crippen LogP contribution is -2.52. The van der Waals surface area contributed by atoms with Crippen molar-refractivity contribution in [2.24, 2.45) is 0 Å². The average Bonchev–Trinajstić information content (AvgIpc) is 2.93. The molecule has 0 bridgehead atoms. The number of rotatable bonds is 30. The van der Waals surface area contributed by atoms with Crippen LogP contribution in [0.4, 0.5) is 0 Å². The molecule has 0 rings (SSSR count). The molecule has 9 nitrogen and oxygen atoms in total. The Hall–Kier alpha value is -0.990. The van der Waals surface area contributed by atoms with Gasteiger partial charge in [-0.3, -0.25) is 14.2 Å². The molecule has 0 spiro atoms. The van der Waals surface area contributed by atoms with Crippen LogP contribution in [-0.2, 0) is 32.7 Å². The molecule has 0 saturated heterocycles. The van der Waals surface area contributed by atoms with E-state index in [1.807, 2.05) is 0 Å². The van der Waals surface area contributed by atoms with E-state index in [1.54, 1.807) is 0 Å². The summed E-state index contributed by atoms with van der Waals surface area (Å²) in [6, 6.07) is 0. The van der Waals surface area contributed by atoms with Gasteiger partial charge in [-0.25, -0.2) is 0 Å². The Balaban J connectivity index is 4.31. The fourth-order valence-corrected chi connectivity index (χ4v) is 5.12. The lowest BCUT2D eigenvalue weighted by atomic mass is 10.1. The smallest absolute Gasteiger partial charge is 0.306 e. The van der Waals surface area contributed by atoms with Gasteiger partial charge in [0.05, 0.1) is 13.2 Å². The largest absolute Gasteiger partial charge is 0.756 e. The van der Waals surface area contributed by atoms with Crippen LogP contribution in [0.15, 0.2) is 0 Å². The molecule has 0 aliphatic carbocycles. The summed E-state index contributed by atoms with van der Waals surface area (Å²) in [7, 11) is -4.56. The van der Waals surface area contributed by atoms with Crippen LogP contribution in [-0.4, -0.2) is 44.4 Å². The third-order valence-electron chi connectivity index (χ3n) is 6.76. The normalized spacial score (nSPS) is 13.6. The van der Waals surface area contributed by atoms with E-state index >= 15 is 0 Å². The molecule has 0 saturated carbocycles. The number of quaternary nitrogens is 1. The minimum absolute atomic E-state index is 0.0995. The zero-order valence-electron chi connectivity index (χ0n) is 25.7. The van der Waals surface area contributed by atoms with E-state index in [4.69, 9.17) is 14.0 Å². The predicted molar refractivity (Wildman–Crippen MR) is 156 cm³/mol. The first kappa shape index (κ1) is 39.0. The van der Waals surface area contributed by atoms with E-state index in [1.165, 1.54) is 83.5 Å². The van der Waals surface area contributed by atoms with E-state index in [9.17, 15) is 19.0 Å². The minimum Gasteiger partial charge on any atom is -0.756 e. The minimum atomic E-state index is -4.56. The summed E-state index contributed by atoms with van der Waals surface area (Å²) in [4.78, 5) is 36.5. The molecule has 0 aromatic rings. The number of hydrogen-bond acceptors (Lipinski definition) is 8. The van der Waals surface area contributed by atoms with Crippen molar-refractivity contribution in [3.63, 3.8) is 0 Å². The third kappa shape index (κ3) is 27.2. The molecule has 0 heterocycles. The maximum Gasteiger partial charge on any atom is 0.306 e. The number of unbranched alkanes of at least 4 members (excludes halogenated alkanes) is 17. The monoisotopic (exact) mass is 593 g/mol.